The second kappa shape index (κ2) is 10.1. The molecule has 0 N–H and O–H groups in total. The van der Waals surface area contributed by atoms with Crippen LogP contribution in [-0.4, -0.2) is 38.2 Å². The lowest BCUT2D eigenvalue weighted by Crippen LogP contribution is -2.70. The highest BCUT2D eigenvalue weighted by atomic mass is 35.6. The third kappa shape index (κ3) is 5.27. The van der Waals surface area contributed by atoms with Gasteiger partial charge in [0.05, 0.1) is 0 Å². The Kier molecular flexibility index (Phi) is 12.1. The van der Waals surface area contributed by atoms with E-state index in [9.17, 15) is 0 Å². The molecule has 0 aliphatic rings. The molecular formula is C8Cl19N. The molecule has 0 unspecified atom stereocenters. The highest BCUT2D eigenvalue weighted by Gasteiger charge is 2.81. The van der Waals surface area contributed by atoms with Gasteiger partial charge in [-0.1, -0.05) is 201 Å². The van der Waals surface area contributed by atoms with Crippen molar-refractivity contribution in [1.29, 1.82) is 0 Å². The topological polar surface area (TPSA) is 3.24 Å². The minimum Gasteiger partial charge on any atom is -0.0946 e. The molecule has 0 atom stereocenters. The molecule has 1 nitrogen and oxygen atoms in total. The van der Waals surface area contributed by atoms with Crippen molar-refractivity contribution in [3.8, 4) is 0 Å². The first-order valence-electron chi connectivity index (χ1n) is 5.52. The van der Waals surface area contributed by atoms with Crippen LogP contribution in [0.5, 0.6) is 0 Å². The van der Waals surface area contributed by atoms with Crippen LogP contribution in [0.15, 0.2) is 0 Å². The minimum absolute atomic E-state index is 0.0625. The zero-order valence-electron chi connectivity index (χ0n) is 11.6. The van der Waals surface area contributed by atoms with E-state index in [0.29, 0.717) is 0 Å². The first kappa shape index (κ1) is 33.5. The summed E-state index contributed by atoms with van der Waals surface area (Å²) in [5.74, 6) is 0. The van der Waals surface area contributed by atoms with E-state index in [0.717, 1.165) is 0 Å². The quantitative estimate of drug-likeness (QED) is 0.141. The number of nitrogens with zero attached hydrogens (tertiary/aromatic N) is 1. The summed E-state index contributed by atoms with van der Waals surface area (Å²) >= 11 is 113. The van der Waals surface area contributed by atoms with Gasteiger partial charge in [0.25, 0.3) is 0 Å². The molecule has 0 aromatic rings. The van der Waals surface area contributed by atoms with Gasteiger partial charge in [0.15, 0.2) is 17.3 Å². The minimum atomic E-state index is -3.05. The maximum atomic E-state index is 6.19. The molecule has 0 heterocycles. The number of halogens is 19. The van der Waals surface area contributed by atoms with E-state index in [-0.39, 0.29) is 3.94 Å². The van der Waals surface area contributed by atoms with Gasteiger partial charge in [-0.2, -0.15) is 0 Å². The largest absolute Gasteiger partial charge is 0.234 e. The predicted molar refractivity (Wildman–Crippen MR) is 135 cm³/mol. The third-order valence-electron chi connectivity index (χ3n) is 2.92. The average Bonchev–Trinajstić information content (AvgIpc) is 2.44. The van der Waals surface area contributed by atoms with E-state index >= 15 is 0 Å². The number of rotatable bonds is 7. The van der Waals surface area contributed by atoms with E-state index in [4.69, 9.17) is 221 Å². The first-order valence-corrected chi connectivity index (χ1v) is 12.6. The van der Waals surface area contributed by atoms with Crippen LogP contribution in [0.3, 0.4) is 0 Å². The lowest BCUT2D eigenvalue weighted by molar-refractivity contribution is 0.410. The standard InChI is InChI=1S/C8Cl19N/c9-1(10,3(13,14)5(17,18)7(21,22)23)2(11,12)4(15,16)6(19,20)8(24,25)28(26)27. The van der Waals surface area contributed by atoms with Crippen LogP contribution in [0.25, 0.3) is 0 Å². The van der Waals surface area contributed by atoms with Gasteiger partial charge >= 0.3 is 0 Å². The van der Waals surface area contributed by atoms with Crippen LogP contribution in [-0.2, 0) is 0 Å². The number of alkyl halides is 17. The summed E-state index contributed by atoms with van der Waals surface area (Å²) in [6, 6.07) is 0. The zero-order valence-corrected chi connectivity index (χ0v) is 26.0. The van der Waals surface area contributed by atoms with Gasteiger partial charge in [-0.05, 0) is 23.6 Å². The highest BCUT2D eigenvalue weighted by molar-refractivity contribution is 6.83. The Morgan fingerprint density at radius 3 is 0.750 bits per heavy atom. The molecule has 0 amide bonds. The molecule has 0 bridgehead atoms. The van der Waals surface area contributed by atoms with Crippen molar-refractivity contribution in [2.24, 2.45) is 0 Å². The fourth-order valence-electron chi connectivity index (χ4n) is 1.26. The lowest BCUT2D eigenvalue weighted by Gasteiger charge is -2.54. The van der Waals surface area contributed by atoms with Crippen LogP contribution in [0.2, 0.25) is 0 Å². The van der Waals surface area contributed by atoms with Crippen LogP contribution in [0.4, 0.5) is 0 Å². The van der Waals surface area contributed by atoms with Gasteiger partial charge < -0.3 is 0 Å². The summed E-state index contributed by atoms with van der Waals surface area (Å²) in [4.78, 5) is 0. The van der Waals surface area contributed by atoms with Crippen molar-refractivity contribution in [1.82, 2.24) is 3.94 Å². The molecular weight excluding hydrogens is 784 g/mol. The predicted octanol–water partition coefficient (Wildman–Crippen LogP) is 11.1. The summed E-state index contributed by atoms with van der Waals surface area (Å²) < 4.78 is -23.0. The van der Waals surface area contributed by atoms with Gasteiger partial charge in [0.2, 0.25) is 16.9 Å². The Balaban J connectivity index is 6.72. The molecule has 170 valence electrons. The Labute approximate surface area is 255 Å². The normalized spacial score (nSPS) is 16.7. The molecule has 0 aliphatic heterocycles. The van der Waals surface area contributed by atoms with Gasteiger partial charge in [-0.15, -0.1) is 0 Å². The molecule has 0 fully saturated rings. The molecule has 28 heavy (non-hydrogen) atoms. The summed E-state index contributed by atoms with van der Waals surface area (Å²) in [6.45, 7) is 0. The lowest BCUT2D eigenvalue weighted by atomic mass is 10.0. The van der Waals surface area contributed by atoms with Crippen LogP contribution >= 0.6 is 221 Å². The van der Waals surface area contributed by atoms with Crippen molar-refractivity contribution in [3.05, 3.63) is 0 Å². The van der Waals surface area contributed by atoms with E-state index in [1.165, 1.54) is 0 Å². The second-order valence-corrected chi connectivity index (χ2v) is 17.1. The number of hydrogen-bond acceptors (Lipinski definition) is 1. The molecule has 0 saturated carbocycles. The Bertz CT molecular complexity index is 569. The zero-order chi connectivity index (χ0) is 23.6. The van der Waals surface area contributed by atoms with E-state index in [1.807, 2.05) is 0 Å². The van der Waals surface area contributed by atoms with Crippen LogP contribution in [0.1, 0.15) is 0 Å². The van der Waals surface area contributed by atoms with Crippen LogP contribution < -0.4 is 0 Å². The summed E-state index contributed by atoms with van der Waals surface area (Å²) in [6.07, 6.45) is 0. The van der Waals surface area contributed by atoms with Crippen molar-refractivity contribution in [2.45, 2.75) is 34.2 Å². The van der Waals surface area contributed by atoms with Crippen molar-refractivity contribution >= 4 is 221 Å². The van der Waals surface area contributed by atoms with Crippen molar-refractivity contribution < 1.29 is 0 Å². The molecule has 0 aromatic carbocycles. The fourth-order valence-corrected chi connectivity index (χ4v) is 6.65. The molecule has 0 aromatic heterocycles. The molecule has 0 spiro atoms. The van der Waals surface area contributed by atoms with E-state index in [2.05, 4.69) is 0 Å². The van der Waals surface area contributed by atoms with Gasteiger partial charge in [-0.3, -0.25) is 0 Å². The average molecular weight is 784 g/mol. The van der Waals surface area contributed by atoms with Crippen molar-refractivity contribution in [3.63, 3.8) is 0 Å². The molecule has 0 radical (unpaired) electrons. The fraction of sp³-hybridized carbons (Fsp3) is 1.00. The smallest absolute Gasteiger partial charge is 0.0946 e. The summed E-state index contributed by atoms with van der Waals surface area (Å²) in [5, 5.41) is 0. The molecule has 0 aliphatic carbocycles. The summed E-state index contributed by atoms with van der Waals surface area (Å²) in [7, 11) is 0. The molecule has 20 heteroatoms. The van der Waals surface area contributed by atoms with Crippen LogP contribution in [0, 0.1) is 0 Å². The van der Waals surface area contributed by atoms with E-state index < -0.39 is 34.2 Å². The Hall–Kier alpha value is 5.47. The first-order chi connectivity index (χ1) is 11.7. The summed E-state index contributed by atoms with van der Waals surface area (Å²) in [5.41, 5.74) is 0. The van der Waals surface area contributed by atoms with Gasteiger partial charge in [-0.25, -0.2) is 0 Å². The van der Waals surface area contributed by atoms with Crippen molar-refractivity contribution in [2.75, 3.05) is 0 Å². The van der Waals surface area contributed by atoms with Gasteiger partial charge in [0.1, 0.15) is 0 Å². The monoisotopic (exact) mass is 774 g/mol. The molecule has 0 saturated heterocycles. The number of hydrogen-bond donors (Lipinski definition) is 0. The second-order valence-electron chi connectivity index (χ2n) is 4.72. The molecule has 0 rings (SSSR count). The maximum absolute atomic E-state index is 6.19. The SMILES string of the molecule is ClN(Cl)C(Cl)(Cl)C(Cl)(Cl)C(Cl)(Cl)C(Cl)(Cl)C(Cl)(Cl)C(Cl)(Cl)C(Cl)(Cl)C(Cl)(Cl)Cl. The Morgan fingerprint density at radius 2 is 0.536 bits per heavy atom. The van der Waals surface area contributed by atoms with Gasteiger partial charge in [0, 0.05) is 0 Å². The Morgan fingerprint density at radius 1 is 0.321 bits per heavy atom. The third-order valence-corrected chi connectivity index (χ3v) is 15.2. The highest BCUT2D eigenvalue weighted by Crippen LogP contribution is 2.72. The maximum Gasteiger partial charge on any atom is 0.234 e. The van der Waals surface area contributed by atoms with E-state index in [1.54, 1.807) is 0 Å².